The summed E-state index contributed by atoms with van der Waals surface area (Å²) in [7, 11) is -3.58. The van der Waals surface area contributed by atoms with Crippen molar-refractivity contribution in [2.24, 2.45) is 0 Å². The molecule has 1 atom stereocenters. The smallest absolute Gasteiger partial charge is 0.241 e. The highest BCUT2D eigenvalue weighted by molar-refractivity contribution is 7.89. The molecule has 1 aliphatic heterocycles. The SMILES string of the molecule is CC1(NS(=O)(=O)c2ccc(C#CCO)cc2)CCCOC1. The van der Waals surface area contributed by atoms with Crippen LogP contribution in [0, 0.1) is 11.8 Å². The van der Waals surface area contributed by atoms with Crippen LogP contribution in [0.1, 0.15) is 25.3 Å². The molecule has 1 fully saturated rings. The maximum atomic E-state index is 12.4. The Labute approximate surface area is 125 Å². The first-order valence-electron chi connectivity index (χ1n) is 6.77. The zero-order chi connectivity index (χ0) is 15.3. The van der Waals surface area contributed by atoms with Crippen LogP contribution >= 0.6 is 0 Å². The first kappa shape index (κ1) is 16.0. The number of nitrogens with one attached hydrogen (secondary N) is 1. The molecule has 1 aromatic rings. The molecule has 0 aromatic heterocycles. The number of hydrogen-bond acceptors (Lipinski definition) is 4. The summed E-state index contributed by atoms with van der Waals surface area (Å²) >= 11 is 0. The van der Waals surface area contributed by atoms with Crippen molar-refractivity contribution in [1.82, 2.24) is 4.72 Å². The van der Waals surface area contributed by atoms with E-state index in [1.165, 1.54) is 12.1 Å². The molecule has 0 bridgehead atoms. The maximum Gasteiger partial charge on any atom is 0.241 e. The Hall–Kier alpha value is -1.39. The predicted octanol–water partition coefficient (Wildman–Crippen LogP) is 0.878. The van der Waals surface area contributed by atoms with Gasteiger partial charge < -0.3 is 9.84 Å². The zero-order valence-corrected chi connectivity index (χ0v) is 12.7. The van der Waals surface area contributed by atoms with E-state index in [1.807, 2.05) is 6.92 Å². The van der Waals surface area contributed by atoms with Crippen LogP contribution in [0.25, 0.3) is 0 Å². The Bertz CT molecular complexity index is 634. The number of ether oxygens (including phenoxy) is 1. The van der Waals surface area contributed by atoms with Gasteiger partial charge in [0.05, 0.1) is 17.0 Å². The standard InChI is InChI=1S/C15H19NO4S/c1-15(9-3-11-20-12-15)16-21(18,19)14-7-5-13(6-8-14)4-2-10-17/h5-8,16-17H,3,9-12H2,1H3. The highest BCUT2D eigenvalue weighted by atomic mass is 32.2. The first-order chi connectivity index (χ1) is 9.95. The summed E-state index contributed by atoms with van der Waals surface area (Å²) in [4.78, 5) is 0.198. The number of sulfonamides is 1. The lowest BCUT2D eigenvalue weighted by molar-refractivity contribution is 0.0386. The third-order valence-electron chi connectivity index (χ3n) is 3.30. The minimum absolute atomic E-state index is 0.198. The fourth-order valence-electron chi connectivity index (χ4n) is 2.26. The van der Waals surface area contributed by atoms with Gasteiger partial charge >= 0.3 is 0 Å². The topological polar surface area (TPSA) is 75.6 Å². The molecular weight excluding hydrogens is 290 g/mol. The van der Waals surface area contributed by atoms with E-state index in [-0.39, 0.29) is 11.5 Å². The van der Waals surface area contributed by atoms with Gasteiger partial charge in [-0.05, 0) is 44.0 Å². The van der Waals surface area contributed by atoms with Crippen LogP contribution in [0.4, 0.5) is 0 Å². The average Bonchev–Trinajstić information content (AvgIpc) is 2.45. The summed E-state index contributed by atoms with van der Waals surface area (Å²) in [5.41, 5.74) is 0.0992. The van der Waals surface area contributed by atoms with Crippen LogP contribution in [0.15, 0.2) is 29.2 Å². The quantitative estimate of drug-likeness (QED) is 0.813. The van der Waals surface area contributed by atoms with E-state index in [1.54, 1.807) is 12.1 Å². The predicted molar refractivity (Wildman–Crippen MR) is 79.2 cm³/mol. The summed E-state index contributed by atoms with van der Waals surface area (Å²) in [6, 6.07) is 6.27. The third kappa shape index (κ3) is 4.29. The van der Waals surface area contributed by atoms with Gasteiger partial charge in [-0.15, -0.1) is 0 Å². The van der Waals surface area contributed by atoms with Crippen LogP contribution < -0.4 is 4.72 Å². The van der Waals surface area contributed by atoms with E-state index in [0.717, 1.165) is 12.8 Å². The largest absolute Gasteiger partial charge is 0.384 e. The number of rotatable bonds is 3. The van der Waals surface area contributed by atoms with Gasteiger partial charge in [0, 0.05) is 12.2 Å². The van der Waals surface area contributed by atoms with Crippen LogP contribution in [0.5, 0.6) is 0 Å². The molecule has 0 aliphatic carbocycles. The molecule has 1 aromatic carbocycles. The molecule has 21 heavy (non-hydrogen) atoms. The van der Waals surface area contributed by atoms with E-state index < -0.39 is 15.6 Å². The van der Waals surface area contributed by atoms with Gasteiger partial charge in [-0.25, -0.2) is 13.1 Å². The summed E-state index contributed by atoms with van der Waals surface area (Å²) in [5, 5.41) is 8.63. The fourth-order valence-corrected chi connectivity index (χ4v) is 3.68. The Kier molecular flexibility index (Phi) is 5.01. The fraction of sp³-hybridized carbons (Fsp3) is 0.467. The van der Waals surface area contributed by atoms with Crippen molar-refractivity contribution in [3.05, 3.63) is 29.8 Å². The van der Waals surface area contributed by atoms with E-state index >= 15 is 0 Å². The highest BCUT2D eigenvalue weighted by Crippen LogP contribution is 2.21. The lowest BCUT2D eigenvalue weighted by Gasteiger charge is -2.33. The van der Waals surface area contributed by atoms with E-state index in [2.05, 4.69) is 16.6 Å². The number of benzene rings is 1. The van der Waals surface area contributed by atoms with Crippen LogP contribution in [-0.4, -0.2) is 38.9 Å². The minimum atomic E-state index is -3.58. The third-order valence-corrected chi connectivity index (χ3v) is 4.95. The van der Waals surface area contributed by atoms with Crippen molar-refractivity contribution in [3.63, 3.8) is 0 Å². The Morgan fingerprint density at radius 3 is 2.67 bits per heavy atom. The van der Waals surface area contributed by atoms with Gasteiger partial charge in [0.1, 0.15) is 6.61 Å². The van der Waals surface area contributed by atoms with Crippen molar-refractivity contribution < 1.29 is 18.3 Å². The van der Waals surface area contributed by atoms with Gasteiger partial charge in [0.2, 0.25) is 10.0 Å². The molecule has 1 unspecified atom stereocenters. The molecule has 0 radical (unpaired) electrons. The van der Waals surface area contributed by atoms with Crippen molar-refractivity contribution in [1.29, 1.82) is 0 Å². The van der Waals surface area contributed by atoms with Gasteiger partial charge in [-0.2, -0.15) is 0 Å². The number of hydrogen-bond donors (Lipinski definition) is 2. The first-order valence-corrected chi connectivity index (χ1v) is 8.25. The van der Waals surface area contributed by atoms with Crippen molar-refractivity contribution in [3.8, 4) is 11.8 Å². The highest BCUT2D eigenvalue weighted by Gasteiger charge is 2.32. The summed E-state index contributed by atoms with van der Waals surface area (Å²) in [6.07, 6.45) is 1.60. The molecule has 0 saturated carbocycles. The second-order valence-corrected chi connectivity index (χ2v) is 6.99. The van der Waals surface area contributed by atoms with Gasteiger partial charge in [-0.1, -0.05) is 11.8 Å². The van der Waals surface area contributed by atoms with Crippen LogP contribution in [0.3, 0.4) is 0 Å². The molecule has 2 N–H and O–H groups in total. The summed E-state index contributed by atoms with van der Waals surface area (Å²) in [5.74, 6) is 5.25. The normalized spacial score (nSPS) is 22.4. The molecule has 1 saturated heterocycles. The number of aliphatic hydroxyl groups excluding tert-OH is 1. The summed E-state index contributed by atoms with van der Waals surface area (Å²) < 4.78 is 32.9. The van der Waals surface area contributed by atoms with Crippen LogP contribution in [-0.2, 0) is 14.8 Å². The minimum Gasteiger partial charge on any atom is -0.384 e. The second kappa shape index (κ2) is 6.58. The van der Waals surface area contributed by atoms with E-state index in [0.29, 0.717) is 18.8 Å². The molecule has 0 amide bonds. The number of aliphatic hydroxyl groups is 1. The van der Waals surface area contributed by atoms with E-state index in [9.17, 15) is 8.42 Å². The molecule has 6 heteroatoms. The molecule has 1 aliphatic rings. The monoisotopic (exact) mass is 309 g/mol. The van der Waals surface area contributed by atoms with Gasteiger partial charge in [-0.3, -0.25) is 0 Å². The molecule has 2 rings (SSSR count). The van der Waals surface area contributed by atoms with Gasteiger partial charge in [0.15, 0.2) is 0 Å². The van der Waals surface area contributed by atoms with Crippen molar-refractivity contribution >= 4 is 10.0 Å². The molecular formula is C15H19NO4S. The Balaban J connectivity index is 2.15. The molecule has 114 valence electrons. The van der Waals surface area contributed by atoms with Crippen LogP contribution in [0.2, 0.25) is 0 Å². The average molecular weight is 309 g/mol. The van der Waals surface area contributed by atoms with E-state index in [4.69, 9.17) is 9.84 Å². The lowest BCUT2D eigenvalue weighted by Crippen LogP contribution is -2.51. The van der Waals surface area contributed by atoms with Crippen molar-refractivity contribution in [2.75, 3.05) is 19.8 Å². The molecule has 5 nitrogen and oxygen atoms in total. The lowest BCUT2D eigenvalue weighted by atomic mass is 9.97. The van der Waals surface area contributed by atoms with Gasteiger partial charge in [0.25, 0.3) is 0 Å². The molecule has 1 heterocycles. The zero-order valence-electron chi connectivity index (χ0n) is 11.9. The summed E-state index contributed by atoms with van der Waals surface area (Å²) in [6.45, 7) is 2.69. The molecule has 0 spiro atoms. The Morgan fingerprint density at radius 2 is 2.10 bits per heavy atom. The second-order valence-electron chi connectivity index (χ2n) is 5.31. The Morgan fingerprint density at radius 1 is 1.38 bits per heavy atom. The van der Waals surface area contributed by atoms with Crippen molar-refractivity contribution in [2.45, 2.75) is 30.2 Å². The maximum absolute atomic E-state index is 12.4.